The van der Waals surface area contributed by atoms with Crippen LogP contribution in [-0.2, 0) is 9.53 Å². The van der Waals surface area contributed by atoms with Crippen molar-refractivity contribution in [3.63, 3.8) is 0 Å². The number of benzene rings is 1. The first kappa shape index (κ1) is 27.5. The Labute approximate surface area is 207 Å². The first-order chi connectivity index (χ1) is 17.7. The third-order valence-electron chi connectivity index (χ3n) is 4.72. The van der Waals surface area contributed by atoms with Crippen LogP contribution in [0.25, 0.3) is 6.08 Å². The van der Waals surface area contributed by atoms with Crippen molar-refractivity contribution >= 4 is 12.0 Å². The van der Waals surface area contributed by atoms with Gasteiger partial charge in [-0.2, -0.15) is 0 Å². The zero-order valence-corrected chi connectivity index (χ0v) is 19.3. The minimum atomic E-state index is -2.29. The van der Waals surface area contributed by atoms with Crippen LogP contribution in [0.1, 0.15) is 5.56 Å². The number of rotatable bonds is 11. The molecule has 3 rings (SSSR count). The molecule has 0 radical (unpaired) electrons. The Balaban J connectivity index is 1.65. The van der Waals surface area contributed by atoms with Crippen LogP contribution in [0.3, 0.4) is 0 Å². The zero-order valence-electron chi connectivity index (χ0n) is 19.3. The van der Waals surface area contributed by atoms with Crippen molar-refractivity contribution in [2.45, 2.75) is 6.10 Å². The minimum absolute atomic E-state index is 0.00892. The fourth-order valence-electron chi connectivity index (χ4n) is 3.00. The number of amides is 1. The number of carbonyl (C=O) groups excluding carboxylic acids is 1. The zero-order chi connectivity index (χ0) is 26.9. The van der Waals surface area contributed by atoms with E-state index in [0.717, 1.165) is 0 Å². The summed E-state index contributed by atoms with van der Waals surface area (Å²) in [7, 11) is 0. The number of aromatic nitrogens is 3. The summed E-state index contributed by atoms with van der Waals surface area (Å²) in [5, 5.41) is 0. The summed E-state index contributed by atoms with van der Waals surface area (Å²) >= 11 is 0. The van der Waals surface area contributed by atoms with Crippen LogP contribution in [0.15, 0.2) is 31.4 Å². The van der Waals surface area contributed by atoms with Gasteiger partial charge in [-0.1, -0.05) is 25.3 Å². The van der Waals surface area contributed by atoms with Gasteiger partial charge in [-0.25, -0.2) is 22.0 Å². The van der Waals surface area contributed by atoms with Gasteiger partial charge < -0.3 is 23.8 Å². The number of hydrogen-bond acceptors (Lipinski definition) is 8. The molecule has 0 N–H and O–H groups in total. The minimum Gasteiger partial charge on any atom is -0.460 e. The lowest BCUT2D eigenvalue weighted by molar-refractivity contribution is -0.134. The van der Waals surface area contributed by atoms with E-state index < -0.39 is 46.7 Å². The molecule has 1 aliphatic rings. The number of carbonyl (C=O) groups is 1. The summed E-state index contributed by atoms with van der Waals surface area (Å²) in [6, 6.07) is -0.307. The normalized spacial score (nSPS) is 15.5. The van der Waals surface area contributed by atoms with Gasteiger partial charge in [-0.3, -0.25) is 4.79 Å². The summed E-state index contributed by atoms with van der Waals surface area (Å²) < 4.78 is 89.3. The molecule has 1 unspecified atom stereocenters. The fraction of sp³-hybridized carbons (Fsp3) is 0.304. The third kappa shape index (κ3) is 7.00. The number of nitrogens with zero attached hydrogens (tertiary/aromatic N) is 4. The van der Waals surface area contributed by atoms with Gasteiger partial charge in [-0.05, 0) is 6.08 Å². The first-order valence-electron chi connectivity index (χ1n) is 10.7. The van der Waals surface area contributed by atoms with Crippen molar-refractivity contribution in [3.05, 3.63) is 66.0 Å². The smallest absolute Gasteiger partial charge is 0.326 e. The molecule has 1 amide bonds. The Bertz CT molecular complexity index is 1140. The molecule has 198 valence electrons. The van der Waals surface area contributed by atoms with Gasteiger partial charge >= 0.3 is 18.0 Å². The van der Waals surface area contributed by atoms with Crippen LogP contribution < -0.4 is 14.2 Å². The molecule has 1 aromatic carbocycles. The lowest BCUT2D eigenvalue weighted by Gasteiger charge is -2.32. The van der Waals surface area contributed by atoms with E-state index in [2.05, 4.69) is 28.1 Å². The Morgan fingerprint density at radius 1 is 0.892 bits per heavy atom. The van der Waals surface area contributed by atoms with E-state index in [1.165, 1.54) is 17.1 Å². The predicted octanol–water partition coefficient (Wildman–Crippen LogP) is 3.02. The van der Waals surface area contributed by atoms with Crippen LogP contribution in [0.2, 0.25) is 0 Å². The van der Waals surface area contributed by atoms with Crippen molar-refractivity contribution < 1.29 is 45.7 Å². The van der Waals surface area contributed by atoms with Gasteiger partial charge in [0, 0.05) is 12.6 Å². The summed E-state index contributed by atoms with van der Waals surface area (Å²) in [4.78, 5) is 25.7. The fourth-order valence-corrected chi connectivity index (χ4v) is 3.00. The van der Waals surface area contributed by atoms with E-state index in [1.807, 2.05) is 0 Å². The Morgan fingerprint density at radius 2 is 1.41 bits per heavy atom. The second-order valence-electron chi connectivity index (χ2n) is 7.29. The van der Waals surface area contributed by atoms with E-state index in [-0.39, 0.29) is 57.5 Å². The summed E-state index contributed by atoms with van der Waals surface area (Å²) in [6.45, 7) is 7.37. The van der Waals surface area contributed by atoms with E-state index in [1.54, 1.807) is 0 Å². The standard InChI is InChI=1S/C23H21F5N4O5/c1-3-8-35-21-29-22(36-9-4-2)31-23(30-21)37-12-13-11-32(7-10-34-13)15(33)6-5-14-16(24)18(26)20(28)19(27)17(14)25/h3-6,13H,1-2,7-12H2. The van der Waals surface area contributed by atoms with Crippen molar-refractivity contribution in [3.8, 4) is 18.0 Å². The quantitative estimate of drug-likeness (QED) is 0.144. The molecule has 0 spiro atoms. The largest absolute Gasteiger partial charge is 0.460 e. The molecule has 2 aromatic rings. The lowest BCUT2D eigenvalue weighted by Crippen LogP contribution is -2.47. The molecule has 0 bridgehead atoms. The van der Waals surface area contributed by atoms with Gasteiger partial charge in [0.2, 0.25) is 11.7 Å². The SMILES string of the molecule is C=CCOc1nc(OCC=C)nc(OCC2CN(C(=O)C=Cc3c(F)c(F)c(F)c(F)c3F)CCO2)n1. The van der Waals surface area contributed by atoms with E-state index in [0.29, 0.717) is 12.2 Å². The molecular weight excluding hydrogens is 507 g/mol. The Morgan fingerprint density at radius 3 is 1.95 bits per heavy atom. The van der Waals surface area contributed by atoms with Crippen LogP contribution in [0.4, 0.5) is 22.0 Å². The third-order valence-corrected chi connectivity index (χ3v) is 4.72. The van der Waals surface area contributed by atoms with E-state index >= 15 is 0 Å². The Kier molecular flexibility index (Phi) is 9.49. The maximum absolute atomic E-state index is 13.8. The van der Waals surface area contributed by atoms with Crippen molar-refractivity contribution in [2.75, 3.05) is 39.5 Å². The highest BCUT2D eigenvalue weighted by Gasteiger charge is 2.26. The topological polar surface area (TPSA) is 95.9 Å². The number of ether oxygens (including phenoxy) is 4. The van der Waals surface area contributed by atoms with Crippen molar-refractivity contribution in [1.29, 1.82) is 0 Å². The summed E-state index contributed by atoms with van der Waals surface area (Å²) in [5.74, 6) is -11.3. The lowest BCUT2D eigenvalue weighted by atomic mass is 10.1. The highest BCUT2D eigenvalue weighted by molar-refractivity contribution is 5.92. The number of hydrogen-bond donors (Lipinski definition) is 0. The van der Waals surface area contributed by atoms with Crippen molar-refractivity contribution in [1.82, 2.24) is 19.9 Å². The molecule has 1 aliphatic heterocycles. The van der Waals surface area contributed by atoms with Crippen LogP contribution >= 0.6 is 0 Å². The molecular formula is C23H21F5N4O5. The maximum atomic E-state index is 13.8. The Hall–Kier alpha value is -4.07. The number of morpholine rings is 1. The van der Waals surface area contributed by atoms with Gasteiger partial charge in [0.25, 0.3) is 0 Å². The number of halogens is 5. The molecule has 1 fully saturated rings. The second kappa shape index (κ2) is 12.8. The van der Waals surface area contributed by atoms with Gasteiger partial charge in [0.15, 0.2) is 23.3 Å². The van der Waals surface area contributed by atoms with Gasteiger partial charge in [0.05, 0.1) is 18.7 Å². The first-order valence-corrected chi connectivity index (χ1v) is 10.7. The van der Waals surface area contributed by atoms with Gasteiger partial charge in [0.1, 0.15) is 25.9 Å². The second-order valence-corrected chi connectivity index (χ2v) is 7.29. The highest BCUT2D eigenvalue weighted by atomic mass is 19.2. The molecule has 2 heterocycles. The molecule has 1 saturated heterocycles. The highest BCUT2D eigenvalue weighted by Crippen LogP contribution is 2.24. The molecule has 14 heteroatoms. The van der Waals surface area contributed by atoms with Crippen LogP contribution in [0.5, 0.6) is 18.0 Å². The summed E-state index contributed by atoms with van der Waals surface area (Å²) in [6.07, 6.45) is 3.54. The van der Waals surface area contributed by atoms with Crippen LogP contribution in [0, 0.1) is 29.1 Å². The van der Waals surface area contributed by atoms with Gasteiger partial charge in [-0.15, -0.1) is 15.0 Å². The average Bonchev–Trinajstić information content (AvgIpc) is 2.91. The molecule has 9 nitrogen and oxygen atoms in total. The molecule has 37 heavy (non-hydrogen) atoms. The van der Waals surface area contributed by atoms with Crippen LogP contribution in [-0.4, -0.2) is 71.4 Å². The molecule has 0 saturated carbocycles. The molecule has 0 aliphatic carbocycles. The monoisotopic (exact) mass is 528 g/mol. The maximum Gasteiger partial charge on any atom is 0.326 e. The van der Waals surface area contributed by atoms with E-state index in [9.17, 15) is 26.7 Å². The average molecular weight is 528 g/mol. The molecule has 1 aromatic heterocycles. The summed E-state index contributed by atoms with van der Waals surface area (Å²) in [5.41, 5.74) is -1.23. The van der Waals surface area contributed by atoms with E-state index in [4.69, 9.17) is 18.9 Å². The predicted molar refractivity (Wildman–Crippen MR) is 118 cm³/mol. The van der Waals surface area contributed by atoms with Crippen molar-refractivity contribution in [2.24, 2.45) is 0 Å². The molecule has 1 atom stereocenters.